The fourth-order valence-corrected chi connectivity index (χ4v) is 3.27. The van der Waals surface area contributed by atoms with E-state index >= 15 is 0 Å². The van der Waals surface area contributed by atoms with Crippen LogP contribution in [0.1, 0.15) is 25.3 Å². The number of phenols is 1. The molecule has 0 spiro atoms. The first-order valence-corrected chi connectivity index (χ1v) is 8.27. The largest absolute Gasteiger partial charge is 0.507 e. The Morgan fingerprint density at radius 2 is 1.96 bits per heavy atom. The van der Waals surface area contributed by atoms with Crippen molar-refractivity contribution in [3.8, 4) is 23.0 Å². The van der Waals surface area contributed by atoms with Crippen molar-refractivity contribution in [2.45, 2.75) is 37.6 Å². The summed E-state index contributed by atoms with van der Waals surface area (Å²) in [6.45, 7) is 1.72. The molecule has 4 rings (SSSR count). The minimum Gasteiger partial charge on any atom is -0.507 e. The smallest absolute Gasteiger partial charge is 0.416 e. The molecule has 0 amide bonds. The van der Waals surface area contributed by atoms with Gasteiger partial charge in [-0.15, -0.1) is 5.10 Å². The number of halogens is 3. The number of nitrogens with zero attached hydrogens (tertiary/aromatic N) is 3. The van der Waals surface area contributed by atoms with Crippen molar-refractivity contribution < 1.29 is 28.1 Å². The van der Waals surface area contributed by atoms with E-state index in [9.17, 15) is 23.4 Å². The van der Waals surface area contributed by atoms with Crippen LogP contribution in [0.5, 0.6) is 11.8 Å². The first-order valence-electron chi connectivity index (χ1n) is 8.27. The highest BCUT2D eigenvalue weighted by Gasteiger charge is 2.40. The van der Waals surface area contributed by atoms with E-state index in [1.165, 1.54) is 6.07 Å². The number of hydrogen-bond donors (Lipinski definition) is 2. The number of aromatic hydroxyl groups is 1. The van der Waals surface area contributed by atoms with Gasteiger partial charge in [0.1, 0.15) is 17.5 Å². The quantitative estimate of drug-likeness (QED) is 0.729. The van der Waals surface area contributed by atoms with Crippen LogP contribution in [0.25, 0.3) is 16.8 Å². The maximum absolute atomic E-state index is 12.8. The highest BCUT2D eigenvalue weighted by atomic mass is 19.4. The average Bonchev–Trinajstić information content (AvgIpc) is 3.03. The zero-order chi connectivity index (χ0) is 19.4. The van der Waals surface area contributed by atoms with Crippen molar-refractivity contribution in [2.75, 3.05) is 0 Å². The molecule has 1 fully saturated rings. The molecule has 0 saturated heterocycles. The summed E-state index contributed by atoms with van der Waals surface area (Å²) in [6.07, 6.45) is -2.11. The van der Waals surface area contributed by atoms with Gasteiger partial charge in [-0.3, -0.25) is 4.40 Å². The molecule has 0 bridgehead atoms. The predicted molar refractivity (Wildman–Crippen MR) is 89.4 cm³/mol. The number of hydrogen-bond acceptors (Lipinski definition) is 5. The van der Waals surface area contributed by atoms with E-state index in [2.05, 4.69) is 10.2 Å². The second kappa shape index (κ2) is 5.85. The Morgan fingerprint density at radius 1 is 1.22 bits per heavy atom. The molecule has 0 unspecified atom stereocenters. The minimum absolute atomic E-state index is 0.136. The van der Waals surface area contributed by atoms with E-state index in [0.717, 1.165) is 6.07 Å². The van der Waals surface area contributed by atoms with Gasteiger partial charge in [0, 0.05) is 24.6 Å². The van der Waals surface area contributed by atoms with E-state index in [1.54, 1.807) is 29.7 Å². The second-order valence-electron chi connectivity index (χ2n) is 6.97. The van der Waals surface area contributed by atoms with Crippen molar-refractivity contribution in [3.63, 3.8) is 0 Å². The van der Waals surface area contributed by atoms with E-state index in [0.29, 0.717) is 24.4 Å². The number of rotatable bonds is 3. The van der Waals surface area contributed by atoms with Crippen molar-refractivity contribution in [2.24, 2.45) is 0 Å². The topological polar surface area (TPSA) is 79.9 Å². The zero-order valence-electron chi connectivity index (χ0n) is 14.2. The maximum atomic E-state index is 12.8. The van der Waals surface area contributed by atoms with E-state index in [4.69, 9.17) is 4.74 Å². The van der Waals surface area contributed by atoms with Crippen LogP contribution < -0.4 is 4.74 Å². The molecule has 0 aliphatic heterocycles. The first kappa shape index (κ1) is 17.6. The van der Waals surface area contributed by atoms with Gasteiger partial charge in [0.05, 0.1) is 16.7 Å². The molecule has 2 heterocycles. The average molecular weight is 379 g/mol. The van der Waals surface area contributed by atoms with Gasteiger partial charge >= 0.3 is 12.2 Å². The SMILES string of the molecule is CC1(O)CC(Oc2nnc(-c3ccc(C(F)(F)F)cc3O)c3cccn23)C1. The lowest BCUT2D eigenvalue weighted by Gasteiger charge is -2.40. The van der Waals surface area contributed by atoms with Crippen LogP contribution in [-0.2, 0) is 6.18 Å². The normalized spacial score (nSPS) is 22.6. The summed E-state index contributed by atoms with van der Waals surface area (Å²) in [4.78, 5) is 0. The van der Waals surface area contributed by atoms with Gasteiger partial charge in [-0.05, 0) is 37.3 Å². The van der Waals surface area contributed by atoms with Gasteiger partial charge in [0.15, 0.2) is 0 Å². The summed E-state index contributed by atoms with van der Waals surface area (Å²) in [6, 6.07) is 6.34. The molecule has 2 N–H and O–H groups in total. The highest BCUT2D eigenvalue weighted by Crippen LogP contribution is 2.38. The van der Waals surface area contributed by atoms with Crippen LogP contribution in [0.4, 0.5) is 13.2 Å². The number of alkyl halides is 3. The van der Waals surface area contributed by atoms with Crippen molar-refractivity contribution in [3.05, 3.63) is 42.1 Å². The van der Waals surface area contributed by atoms with Gasteiger partial charge in [-0.1, -0.05) is 5.10 Å². The van der Waals surface area contributed by atoms with Crippen molar-refractivity contribution in [1.29, 1.82) is 0 Å². The first-order chi connectivity index (χ1) is 12.6. The van der Waals surface area contributed by atoms with E-state index in [1.807, 2.05) is 0 Å². The molecule has 6 nitrogen and oxygen atoms in total. The molecule has 27 heavy (non-hydrogen) atoms. The standard InChI is InChI=1S/C18H16F3N3O3/c1-17(26)8-11(9-17)27-16-23-22-15(13-3-2-6-24(13)16)12-5-4-10(7-14(12)25)18(19,20)21/h2-7,11,25-26H,8-9H2,1H3. The summed E-state index contributed by atoms with van der Waals surface area (Å²) >= 11 is 0. The van der Waals surface area contributed by atoms with Crippen LogP contribution in [-0.4, -0.2) is 36.5 Å². The predicted octanol–water partition coefficient (Wildman–Crippen LogP) is 3.41. The number of fused-ring (bicyclic) bond motifs is 1. The van der Waals surface area contributed by atoms with E-state index in [-0.39, 0.29) is 23.4 Å². The summed E-state index contributed by atoms with van der Waals surface area (Å²) in [7, 11) is 0. The molecule has 0 radical (unpaired) electrons. The van der Waals surface area contributed by atoms with Gasteiger partial charge in [0.2, 0.25) is 0 Å². The lowest BCUT2D eigenvalue weighted by atomic mass is 9.79. The Hall–Kier alpha value is -2.81. The van der Waals surface area contributed by atoms with Crippen LogP contribution in [0.2, 0.25) is 0 Å². The molecule has 1 saturated carbocycles. The summed E-state index contributed by atoms with van der Waals surface area (Å²) in [5, 5.41) is 28.0. The third-order valence-corrected chi connectivity index (χ3v) is 4.62. The molecule has 1 aliphatic rings. The fourth-order valence-electron chi connectivity index (χ4n) is 3.27. The maximum Gasteiger partial charge on any atom is 0.416 e. The monoisotopic (exact) mass is 379 g/mol. The Morgan fingerprint density at radius 3 is 2.59 bits per heavy atom. The van der Waals surface area contributed by atoms with Gasteiger partial charge < -0.3 is 14.9 Å². The third-order valence-electron chi connectivity index (χ3n) is 4.62. The number of phenolic OH excluding ortho intramolecular Hbond substituents is 1. The number of ether oxygens (including phenoxy) is 1. The Labute approximate surface area is 151 Å². The Kier molecular flexibility index (Phi) is 3.81. The number of aromatic nitrogens is 3. The van der Waals surface area contributed by atoms with Crippen LogP contribution in [0.15, 0.2) is 36.5 Å². The van der Waals surface area contributed by atoms with Crippen molar-refractivity contribution >= 4 is 5.52 Å². The van der Waals surface area contributed by atoms with Crippen LogP contribution in [0.3, 0.4) is 0 Å². The van der Waals surface area contributed by atoms with Crippen LogP contribution in [0, 0.1) is 0 Å². The summed E-state index contributed by atoms with van der Waals surface area (Å²) in [5.74, 6) is -0.536. The molecule has 2 aromatic heterocycles. The summed E-state index contributed by atoms with van der Waals surface area (Å²) in [5.41, 5.74) is -0.794. The Bertz CT molecular complexity index is 1010. The third kappa shape index (κ3) is 3.18. The zero-order valence-corrected chi connectivity index (χ0v) is 14.2. The van der Waals surface area contributed by atoms with Crippen molar-refractivity contribution in [1.82, 2.24) is 14.6 Å². The fraction of sp³-hybridized carbons (Fsp3) is 0.333. The highest BCUT2D eigenvalue weighted by molar-refractivity contribution is 5.80. The Balaban J connectivity index is 1.70. The molecule has 1 aromatic carbocycles. The van der Waals surface area contributed by atoms with Gasteiger partial charge in [0.25, 0.3) is 0 Å². The summed E-state index contributed by atoms with van der Waals surface area (Å²) < 4.78 is 45.8. The van der Waals surface area contributed by atoms with Crippen LogP contribution >= 0.6 is 0 Å². The van der Waals surface area contributed by atoms with E-state index < -0.39 is 23.1 Å². The molecule has 142 valence electrons. The lowest BCUT2D eigenvalue weighted by Crippen LogP contribution is -2.47. The molecular weight excluding hydrogens is 363 g/mol. The van der Waals surface area contributed by atoms with Gasteiger partial charge in [-0.25, -0.2) is 0 Å². The minimum atomic E-state index is -4.55. The number of benzene rings is 1. The molecule has 9 heteroatoms. The molecular formula is C18H16F3N3O3. The molecule has 3 aromatic rings. The molecule has 0 atom stereocenters. The molecule has 1 aliphatic carbocycles. The van der Waals surface area contributed by atoms with Gasteiger partial charge in [-0.2, -0.15) is 13.2 Å². The number of aliphatic hydroxyl groups is 1. The lowest BCUT2D eigenvalue weighted by molar-refractivity contribution is -0.137. The second-order valence-corrected chi connectivity index (χ2v) is 6.97.